The summed E-state index contributed by atoms with van der Waals surface area (Å²) in [5.41, 5.74) is 7.02. The molecule has 202 valence electrons. The van der Waals surface area contributed by atoms with Crippen molar-refractivity contribution >= 4 is 23.7 Å². The fourth-order valence-electron chi connectivity index (χ4n) is 3.58. The average Bonchev–Trinajstić information content (AvgIpc) is 3.38. The summed E-state index contributed by atoms with van der Waals surface area (Å²) < 4.78 is 0. The van der Waals surface area contributed by atoms with E-state index in [-0.39, 0.29) is 18.8 Å². The van der Waals surface area contributed by atoms with Gasteiger partial charge in [0, 0.05) is 24.7 Å². The number of carboxylic acids is 1. The van der Waals surface area contributed by atoms with Crippen molar-refractivity contribution in [2.24, 2.45) is 11.7 Å². The number of benzene rings is 1. The fourth-order valence-corrected chi connectivity index (χ4v) is 3.58. The number of aliphatic hydroxyl groups is 1. The number of hydrogen-bond donors (Lipinski definition) is 7. The monoisotopic (exact) mass is 516 g/mol. The number of aliphatic carboxylic acids is 1. The zero-order chi connectivity index (χ0) is 27.5. The minimum Gasteiger partial charge on any atom is -0.480 e. The van der Waals surface area contributed by atoms with Crippen molar-refractivity contribution < 1.29 is 29.4 Å². The van der Waals surface area contributed by atoms with Gasteiger partial charge in [-0.25, -0.2) is 9.78 Å². The minimum absolute atomic E-state index is 0.0217. The number of aromatic nitrogens is 2. The lowest BCUT2D eigenvalue weighted by Crippen LogP contribution is -2.60. The molecule has 37 heavy (non-hydrogen) atoms. The number of rotatable bonds is 14. The Morgan fingerprint density at radius 3 is 2.16 bits per heavy atom. The van der Waals surface area contributed by atoms with Crippen LogP contribution in [0.3, 0.4) is 0 Å². The first kappa shape index (κ1) is 29.5. The zero-order valence-corrected chi connectivity index (χ0v) is 21.2. The van der Waals surface area contributed by atoms with Crippen LogP contribution >= 0.6 is 0 Å². The Bertz CT molecular complexity index is 1030. The lowest BCUT2D eigenvalue weighted by molar-refractivity contribution is -0.142. The smallest absolute Gasteiger partial charge is 0.326 e. The van der Waals surface area contributed by atoms with Crippen LogP contribution in [0.25, 0.3) is 0 Å². The van der Waals surface area contributed by atoms with Gasteiger partial charge < -0.3 is 36.9 Å². The lowest BCUT2D eigenvalue weighted by atomic mass is 9.96. The minimum atomic E-state index is -1.25. The number of carbonyl (C=O) groups excluding carboxylic acids is 3. The summed E-state index contributed by atoms with van der Waals surface area (Å²) in [6, 6.07) is 4.29. The van der Waals surface area contributed by atoms with Crippen LogP contribution in [0.4, 0.5) is 0 Å². The number of hydrogen-bond acceptors (Lipinski definition) is 7. The Morgan fingerprint density at radius 1 is 0.973 bits per heavy atom. The van der Waals surface area contributed by atoms with Crippen molar-refractivity contribution in [2.45, 2.75) is 70.3 Å². The van der Waals surface area contributed by atoms with Gasteiger partial charge in [0.2, 0.25) is 17.7 Å². The van der Waals surface area contributed by atoms with Crippen molar-refractivity contribution in [3.63, 3.8) is 0 Å². The van der Waals surface area contributed by atoms with E-state index >= 15 is 0 Å². The van der Waals surface area contributed by atoms with E-state index in [9.17, 15) is 29.4 Å². The first-order valence-electron chi connectivity index (χ1n) is 12.1. The molecule has 0 fully saturated rings. The maximum Gasteiger partial charge on any atom is 0.326 e. The summed E-state index contributed by atoms with van der Waals surface area (Å²) in [6.07, 6.45) is 2.33. The van der Waals surface area contributed by atoms with Crippen LogP contribution in [0.15, 0.2) is 42.9 Å². The second kappa shape index (κ2) is 14.1. The molecule has 0 radical (unpaired) electrons. The Hall–Kier alpha value is -3.77. The number of H-pyrrole nitrogens is 1. The number of amides is 3. The fraction of sp³-hybridized carbons (Fsp3) is 0.480. The molecule has 0 saturated heterocycles. The third-order valence-corrected chi connectivity index (χ3v) is 6.12. The van der Waals surface area contributed by atoms with Gasteiger partial charge in [0.1, 0.15) is 24.2 Å². The number of aliphatic hydroxyl groups excluding tert-OH is 1. The summed E-state index contributed by atoms with van der Waals surface area (Å²) in [7, 11) is 0. The van der Waals surface area contributed by atoms with Crippen LogP contribution in [0.2, 0.25) is 0 Å². The van der Waals surface area contributed by atoms with Gasteiger partial charge in [0.15, 0.2) is 0 Å². The highest BCUT2D eigenvalue weighted by molar-refractivity contribution is 5.94. The Morgan fingerprint density at radius 2 is 1.62 bits per heavy atom. The molecule has 8 N–H and O–H groups in total. The molecule has 1 aromatic carbocycles. The van der Waals surface area contributed by atoms with Crippen LogP contribution in [0, 0.1) is 5.92 Å². The second-order valence-corrected chi connectivity index (χ2v) is 9.07. The maximum atomic E-state index is 13.3. The van der Waals surface area contributed by atoms with Gasteiger partial charge in [-0.2, -0.15) is 0 Å². The summed E-state index contributed by atoms with van der Waals surface area (Å²) >= 11 is 0. The van der Waals surface area contributed by atoms with Crippen molar-refractivity contribution in [3.05, 3.63) is 54.1 Å². The quantitative estimate of drug-likeness (QED) is 0.174. The van der Waals surface area contributed by atoms with E-state index in [0.717, 1.165) is 5.56 Å². The van der Waals surface area contributed by atoms with E-state index in [1.165, 1.54) is 19.4 Å². The molecule has 12 heteroatoms. The molecule has 0 aliphatic rings. The number of nitrogens with two attached hydrogens (primary N) is 1. The number of nitrogens with zero attached hydrogens (tertiary/aromatic N) is 1. The van der Waals surface area contributed by atoms with Gasteiger partial charge in [0.05, 0.1) is 12.4 Å². The van der Waals surface area contributed by atoms with Crippen molar-refractivity contribution in [1.82, 2.24) is 25.9 Å². The molecular weight excluding hydrogens is 480 g/mol. The molecule has 1 heterocycles. The van der Waals surface area contributed by atoms with E-state index in [1.54, 1.807) is 31.2 Å². The molecule has 0 bridgehead atoms. The highest BCUT2D eigenvalue weighted by Crippen LogP contribution is 2.11. The molecule has 0 saturated carbocycles. The SMILES string of the molecule is CCC(C)C(NC(=O)C(Cc1ccccc1)NC(=O)C(N)C(C)O)C(=O)NC(Cc1cnc[nH]1)C(=O)O. The third kappa shape index (κ3) is 8.99. The molecular formula is C25H36N6O6. The highest BCUT2D eigenvalue weighted by Gasteiger charge is 2.33. The Kier molecular flexibility index (Phi) is 11.2. The predicted octanol–water partition coefficient (Wildman–Crippen LogP) is -0.512. The molecule has 1 aromatic heterocycles. The topological polar surface area (TPSA) is 200 Å². The van der Waals surface area contributed by atoms with Gasteiger partial charge in [-0.15, -0.1) is 0 Å². The van der Waals surface area contributed by atoms with Crippen molar-refractivity contribution in [3.8, 4) is 0 Å². The van der Waals surface area contributed by atoms with Crippen LogP contribution in [0.5, 0.6) is 0 Å². The molecule has 2 aromatic rings. The summed E-state index contributed by atoms with van der Waals surface area (Å²) in [5, 5.41) is 27.0. The van der Waals surface area contributed by atoms with Crippen LogP contribution < -0.4 is 21.7 Å². The number of nitrogens with one attached hydrogen (secondary N) is 4. The third-order valence-electron chi connectivity index (χ3n) is 6.12. The largest absolute Gasteiger partial charge is 0.480 e. The summed E-state index contributed by atoms with van der Waals surface area (Å²) in [4.78, 5) is 57.5. The van der Waals surface area contributed by atoms with E-state index in [0.29, 0.717) is 12.1 Å². The van der Waals surface area contributed by atoms with Crippen LogP contribution in [0.1, 0.15) is 38.4 Å². The molecule has 0 aliphatic carbocycles. The zero-order valence-electron chi connectivity index (χ0n) is 21.2. The lowest BCUT2D eigenvalue weighted by Gasteiger charge is -2.28. The van der Waals surface area contributed by atoms with Gasteiger partial charge in [-0.05, 0) is 18.4 Å². The number of imidazole rings is 1. The van der Waals surface area contributed by atoms with E-state index < -0.39 is 54.0 Å². The normalized spacial score (nSPS) is 15.9. The molecule has 6 atom stereocenters. The molecule has 0 spiro atoms. The van der Waals surface area contributed by atoms with Crippen LogP contribution in [-0.4, -0.2) is 74.1 Å². The Labute approximate surface area is 215 Å². The maximum absolute atomic E-state index is 13.3. The van der Waals surface area contributed by atoms with Crippen molar-refractivity contribution in [2.75, 3.05) is 0 Å². The number of aromatic amines is 1. The average molecular weight is 517 g/mol. The summed E-state index contributed by atoms with van der Waals surface area (Å²) in [5.74, 6) is -3.62. The van der Waals surface area contributed by atoms with Gasteiger partial charge in [-0.1, -0.05) is 50.6 Å². The molecule has 2 rings (SSSR count). The molecule has 12 nitrogen and oxygen atoms in total. The first-order valence-corrected chi connectivity index (χ1v) is 12.1. The van der Waals surface area contributed by atoms with E-state index in [1.807, 2.05) is 13.0 Å². The first-order chi connectivity index (χ1) is 17.5. The van der Waals surface area contributed by atoms with E-state index in [2.05, 4.69) is 25.9 Å². The standard InChI is InChI=1S/C25H36N6O6/c1-4-14(2)21(24(35)30-19(25(36)37)11-17-12-27-13-28-17)31-22(33)18(10-16-8-6-5-7-9-16)29-23(34)20(26)15(3)32/h5-9,12-15,18-21,32H,4,10-11,26H2,1-3H3,(H,27,28)(H,29,34)(H,30,35)(H,31,33)(H,36,37). The second-order valence-electron chi connectivity index (χ2n) is 9.07. The number of carboxylic acid groups (broad SMARTS) is 1. The van der Waals surface area contributed by atoms with Gasteiger partial charge >= 0.3 is 5.97 Å². The van der Waals surface area contributed by atoms with E-state index in [4.69, 9.17) is 5.73 Å². The van der Waals surface area contributed by atoms with Gasteiger partial charge in [-0.3, -0.25) is 14.4 Å². The summed E-state index contributed by atoms with van der Waals surface area (Å²) in [6.45, 7) is 4.95. The molecule has 3 amide bonds. The predicted molar refractivity (Wildman–Crippen MR) is 135 cm³/mol. The number of carbonyl (C=O) groups is 4. The Balaban J connectivity index is 2.22. The van der Waals surface area contributed by atoms with Crippen molar-refractivity contribution in [1.29, 1.82) is 0 Å². The highest BCUT2D eigenvalue weighted by atomic mass is 16.4. The molecule has 6 unspecified atom stereocenters. The molecule has 0 aliphatic heterocycles. The van der Waals surface area contributed by atoms with Gasteiger partial charge in [0.25, 0.3) is 0 Å². The van der Waals surface area contributed by atoms with Crippen LogP contribution in [-0.2, 0) is 32.0 Å².